The fraction of sp³-hybridized carbons (Fsp3) is 0.538. The van der Waals surface area contributed by atoms with Crippen LogP contribution in [0.3, 0.4) is 0 Å². The second-order valence-corrected chi connectivity index (χ2v) is 8.96. The maximum atomic E-state index is 13.6. The monoisotopic (exact) mass is 417 g/mol. The van der Waals surface area contributed by atoms with Gasteiger partial charge in [-0.25, -0.2) is 17.5 Å². The summed E-state index contributed by atoms with van der Waals surface area (Å²) in [6, 6.07) is 2.40. The Kier molecular flexibility index (Phi) is 5.93. The van der Waals surface area contributed by atoms with Gasteiger partial charge in [0.15, 0.2) is 5.82 Å². The topological polar surface area (TPSA) is 46.2 Å². The molecule has 0 aliphatic heterocycles. The number of sulfonamides is 1. The van der Waals surface area contributed by atoms with Crippen molar-refractivity contribution in [2.24, 2.45) is 5.92 Å². The summed E-state index contributed by atoms with van der Waals surface area (Å²) in [6.45, 7) is 0.336. The van der Waals surface area contributed by atoms with Gasteiger partial charge >= 0.3 is 0 Å². The lowest BCUT2D eigenvalue weighted by atomic mass is 9.89. The van der Waals surface area contributed by atoms with Gasteiger partial charge in [0.2, 0.25) is 10.0 Å². The second kappa shape index (κ2) is 7.13. The van der Waals surface area contributed by atoms with Crippen molar-refractivity contribution in [1.29, 1.82) is 0 Å². The summed E-state index contributed by atoms with van der Waals surface area (Å²) in [4.78, 5) is 0.241. The van der Waals surface area contributed by atoms with Crippen LogP contribution in [0.15, 0.2) is 17.0 Å². The van der Waals surface area contributed by atoms with Gasteiger partial charge in [-0.1, -0.05) is 39.1 Å². The normalized spacial score (nSPS) is 23.2. The van der Waals surface area contributed by atoms with Crippen molar-refractivity contribution in [3.05, 3.63) is 28.0 Å². The van der Waals surface area contributed by atoms with Gasteiger partial charge in [-0.3, -0.25) is 0 Å². The molecule has 0 aromatic heterocycles. The Balaban J connectivity index is 2.07. The predicted octanol–water partition coefficient (Wildman–Crippen LogP) is 4.36. The summed E-state index contributed by atoms with van der Waals surface area (Å²) in [5.74, 6) is -0.620. The third kappa shape index (κ3) is 4.32. The van der Waals surface area contributed by atoms with E-state index >= 15 is 0 Å². The number of rotatable bonds is 4. The summed E-state index contributed by atoms with van der Waals surface area (Å²) >= 11 is 14.9. The van der Waals surface area contributed by atoms with Gasteiger partial charge in [-0.2, -0.15) is 0 Å². The zero-order valence-corrected chi connectivity index (χ0v) is 15.0. The minimum atomic E-state index is -3.84. The van der Waals surface area contributed by atoms with Crippen LogP contribution in [0.1, 0.15) is 25.7 Å². The van der Waals surface area contributed by atoms with Crippen LogP contribution in [0.2, 0.25) is 10.0 Å². The first-order valence-electron chi connectivity index (χ1n) is 6.58. The molecular weight excluding hydrogens is 404 g/mol. The van der Waals surface area contributed by atoms with Crippen LogP contribution < -0.4 is 4.72 Å². The number of hydrogen-bond donors (Lipinski definition) is 1. The number of halogens is 4. The smallest absolute Gasteiger partial charge is 0.211 e. The lowest BCUT2D eigenvalue weighted by Crippen LogP contribution is -2.31. The molecule has 8 heteroatoms. The number of nitrogens with one attached hydrogen (secondary N) is 1. The number of hydrogen-bond acceptors (Lipinski definition) is 2. The van der Waals surface area contributed by atoms with Gasteiger partial charge in [-0.15, -0.1) is 0 Å². The standard InChI is InChI=1S/C13H15BrCl2FNO2S/c14-9-3-1-8(2-4-9)7-18-21(19,20)11-6-5-10(15)13(17)12(11)16/h5-6,8-9,18H,1-4,7H2. The SMILES string of the molecule is O=S(=O)(NCC1CCC(Br)CC1)c1ccc(Cl)c(F)c1Cl. The molecule has 0 radical (unpaired) electrons. The molecule has 1 aromatic carbocycles. The molecule has 1 N–H and O–H groups in total. The molecule has 0 unspecified atom stereocenters. The lowest BCUT2D eigenvalue weighted by Gasteiger charge is -2.25. The zero-order valence-electron chi connectivity index (χ0n) is 11.1. The molecule has 0 saturated heterocycles. The fourth-order valence-electron chi connectivity index (χ4n) is 2.35. The first-order valence-corrected chi connectivity index (χ1v) is 9.74. The number of alkyl halides is 1. The molecule has 118 valence electrons. The van der Waals surface area contributed by atoms with Gasteiger partial charge in [0.25, 0.3) is 0 Å². The predicted molar refractivity (Wildman–Crippen MR) is 86.3 cm³/mol. The van der Waals surface area contributed by atoms with Crippen molar-refractivity contribution in [3.8, 4) is 0 Å². The highest BCUT2D eigenvalue weighted by molar-refractivity contribution is 9.09. The van der Waals surface area contributed by atoms with Gasteiger partial charge in [-0.05, 0) is 43.7 Å². The maximum absolute atomic E-state index is 13.6. The van der Waals surface area contributed by atoms with E-state index in [0.29, 0.717) is 17.3 Å². The van der Waals surface area contributed by atoms with E-state index in [4.69, 9.17) is 23.2 Å². The van der Waals surface area contributed by atoms with Crippen LogP contribution in [0.4, 0.5) is 4.39 Å². The molecule has 2 rings (SSSR count). The van der Waals surface area contributed by atoms with E-state index in [0.717, 1.165) is 25.7 Å². The summed E-state index contributed by atoms with van der Waals surface area (Å²) in [5, 5.41) is -0.672. The van der Waals surface area contributed by atoms with E-state index in [1.807, 2.05) is 0 Å². The van der Waals surface area contributed by atoms with Gasteiger partial charge in [0.05, 0.1) is 10.0 Å². The second-order valence-electron chi connectivity index (χ2n) is 5.14. The van der Waals surface area contributed by atoms with Crippen molar-refractivity contribution in [1.82, 2.24) is 4.72 Å². The van der Waals surface area contributed by atoms with Crippen molar-refractivity contribution < 1.29 is 12.8 Å². The average molecular weight is 419 g/mol. The van der Waals surface area contributed by atoms with Crippen LogP contribution in [-0.2, 0) is 10.0 Å². The molecule has 0 heterocycles. The molecule has 1 saturated carbocycles. The summed E-state index contributed by atoms with van der Waals surface area (Å²) in [6.07, 6.45) is 3.98. The molecule has 0 bridgehead atoms. The molecule has 1 aromatic rings. The van der Waals surface area contributed by atoms with Crippen LogP contribution in [-0.4, -0.2) is 19.8 Å². The summed E-state index contributed by atoms with van der Waals surface area (Å²) in [7, 11) is -3.84. The maximum Gasteiger partial charge on any atom is 0.242 e. The van der Waals surface area contributed by atoms with E-state index in [-0.39, 0.29) is 9.92 Å². The molecule has 3 nitrogen and oxygen atoms in total. The van der Waals surface area contributed by atoms with Crippen molar-refractivity contribution in [2.45, 2.75) is 35.4 Å². The Hall–Kier alpha value is 0.120. The molecule has 21 heavy (non-hydrogen) atoms. The molecule has 1 aliphatic carbocycles. The van der Waals surface area contributed by atoms with Gasteiger partial charge in [0.1, 0.15) is 4.90 Å². The minimum Gasteiger partial charge on any atom is -0.211 e. The van der Waals surface area contributed by atoms with E-state index in [9.17, 15) is 12.8 Å². The fourth-order valence-corrected chi connectivity index (χ4v) is 4.73. The first kappa shape index (κ1) is 17.5. The summed E-state index contributed by atoms with van der Waals surface area (Å²) < 4.78 is 40.5. The molecular formula is C13H15BrCl2FNO2S. The number of benzene rings is 1. The molecule has 0 amide bonds. The highest BCUT2D eigenvalue weighted by atomic mass is 79.9. The zero-order chi connectivity index (χ0) is 15.6. The van der Waals surface area contributed by atoms with Crippen molar-refractivity contribution >= 4 is 49.2 Å². The quantitative estimate of drug-likeness (QED) is 0.583. The van der Waals surface area contributed by atoms with E-state index in [1.54, 1.807) is 0 Å². The van der Waals surface area contributed by atoms with Crippen LogP contribution in [0.5, 0.6) is 0 Å². The first-order chi connectivity index (χ1) is 9.81. The van der Waals surface area contributed by atoms with Crippen LogP contribution >= 0.6 is 39.1 Å². The highest BCUT2D eigenvalue weighted by Gasteiger charge is 2.25. The third-order valence-corrected chi connectivity index (χ3v) is 6.78. The average Bonchev–Trinajstić information content (AvgIpc) is 2.44. The van der Waals surface area contributed by atoms with E-state index in [2.05, 4.69) is 20.7 Å². The molecule has 0 atom stereocenters. The van der Waals surface area contributed by atoms with Gasteiger partial charge in [0, 0.05) is 11.4 Å². The Morgan fingerprint density at radius 1 is 1.24 bits per heavy atom. The molecule has 1 aliphatic rings. The highest BCUT2D eigenvalue weighted by Crippen LogP contribution is 2.31. The summed E-state index contributed by atoms with van der Waals surface area (Å²) in [5.41, 5.74) is 0. The largest absolute Gasteiger partial charge is 0.242 e. The Labute approximate surface area is 142 Å². The van der Waals surface area contributed by atoms with Crippen molar-refractivity contribution in [2.75, 3.05) is 6.54 Å². The minimum absolute atomic E-state index is 0.199. The Bertz CT molecular complexity index is 619. The van der Waals surface area contributed by atoms with Gasteiger partial charge < -0.3 is 0 Å². The van der Waals surface area contributed by atoms with Crippen LogP contribution in [0.25, 0.3) is 0 Å². The third-order valence-electron chi connectivity index (χ3n) is 3.63. The van der Waals surface area contributed by atoms with Crippen LogP contribution in [0, 0.1) is 11.7 Å². The Morgan fingerprint density at radius 2 is 1.86 bits per heavy atom. The van der Waals surface area contributed by atoms with Crippen molar-refractivity contribution in [3.63, 3.8) is 0 Å². The molecule has 1 fully saturated rings. The Morgan fingerprint density at radius 3 is 2.48 bits per heavy atom. The van der Waals surface area contributed by atoms with E-state index in [1.165, 1.54) is 12.1 Å². The van der Waals surface area contributed by atoms with E-state index < -0.39 is 20.9 Å². The lowest BCUT2D eigenvalue weighted by molar-refractivity contribution is 0.366. The molecule has 0 spiro atoms.